The molecular weight excluding hydrogens is 397 g/mol. The third-order valence-corrected chi connectivity index (χ3v) is 5.71. The van der Waals surface area contributed by atoms with Crippen LogP contribution in [0.1, 0.15) is 76.3 Å². The number of halogens is 1. The Morgan fingerprint density at radius 1 is 1.19 bits per heavy atom. The van der Waals surface area contributed by atoms with Gasteiger partial charge in [0.25, 0.3) is 0 Å². The van der Waals surface area contributed by atoms with E-state index in [1.54, 1.807) is 6.07 Å². The molecule has 1 rings (SSSR count). The summed E-state index contributed by atoms with van der Waals surface area (Å²) in [4.78, 5) is 8.50. The highest BCUT2D eigenvalue weighted by atomic mass is 19.1. The van der Waals surface area contributed by atoms with E-state index in [2.05, 4.69) is 41.6 Å². The lowest BCUT2D eigenvalue weighted by atomic mass is 9.93. The summed E-state index contributed by atoms with van der Waals surface area (Å²) in [6.07, 6.45) is 14.5. The van der Waals surface area contributed by atoms with Gasteiger partial charge >= 0.3 is 0 Å². The minimum Gasteiger partial charge on any atom is -0.320 e. The number of allylic oxidation sites excluding steroid dienone is 2. The number of aryl methyl sites for hydroxylation is 1. The average Bonchev–Trinajstić information content (AvgIpc) is 2.75. The first kappa shape index (κ1) is 28.0. The maximum Gasteiger partial charge on any atom is 0.126 e. The number of nitrogens with zero attached hydrogens (tertiary/aromatic N) is 2. The highest BCUT2D eigenvalue weighted by Crippen LogP contribution is 2.20. The Kier molecular flexibility index (Phi) is 15.3. The zero-order valence-electron chi connectivity index (χ0n) is 20.6. The molecule has 0 fully saturated rings. The van der Waals surface area contributed by atoms with E-state index in [0.717, 1.165) is 67.5 Å². The zero-order valence-corrected chi connectivity index (χ0v) is 20.6. The van der Waals surface area contributed by atoms with Crippen LogP contribution in [0.5, 0.6) is 0 Å². The van der Waals surface area contributed by atoms with Gasteiger partial charge in [-0.15, -0.1) is 0 Å². The number of unbranched alkanes of at least 4 members (excludes halogenated alkanes) is 2. The molecule has 0 aliphatic rings. The van der Waals surface area contributed by atoms with Gasteiger partial charge < -0.3 is 5.32 Å². The monoisotopic (exact) mass is 441 g/mol. The number of aliphatic imine (C=N–C) groups is 2. The molecule has 0 heterocycles. The molecule has 0 aliphatic heterocycles. The minimum absolute atomic E-state index is 0.0982. The molecule has 4 heteroatoms. The van der Waals surface area contributed by atoms with Crippen LogP contribution in [0.2, 0.25) is 0 Å². The summed E-state index contributed by atoms with van der Waals surface area (Å²) in [5, 5.41) is 3.28. The summed E-state index contributed by atoms with van der Waals surface area (Å²) in [6, 6.07) is 5.69. The maximum atomic E-state index is 14.2. The van der Waals surface area contributed by atoms with Gasteiger partial charge in [-0.3, -0.25) is 9.98 Å². The van der Waals surface area contributed by atoms with Gasteiger partial charge in [-0.1, -0.05) is 56.9 Å². The van der Waals surface area contributed by atoms with Crippen molar-refractivity contribution in [2.75, 3.05) is 20.1 Å². The summed E-state index contributed by atoms with van der Waals surface area (Å²) < 4.78 is 14.2. The zero-order chi connectivity index (χ0) is 23.6. The number of nitrogens with one attached hydrogen (secondary N) is 1. The lowest BCUT2D eigenvalue weighted by molar-refractivity contribution is 0.401. The minimum atomic E-state index is -0.0982. The number of benzene rings is 1. The van der Waals surface area contributed by atoms with Crippen LogP contribution in [0.15, 0.2) is 52.1 Å². The van der Waals surface area contributed by atoms with Crippen molar-refractivity contribution in [3.05, 3.63) is 59.1 Å². The quantitative estimate of drug-likeness (QED) is 0.147. The molecular formula is C28H44FN3. The molecule has 1 unspecified atom stereocenters. The summed E-state index contributed by atoms with van der Waals surface area (Å²) in [6.45, 7) is 13.4. The molecule has 0 spiro atoms. The third-order valence-electron chi connectivity index (χ3n) is 5.71. The lowest BCUT2D eigenvalue weighted by Crippen LogP contribution is -2.14. The molecule has 0 aliphatic carbocycles. The number of hydrogen-bond acceptors (Lipinski definition) is 3. The fourth-order valence-corrected chi connectivity index (χ4v) is 3.94. The molecule has 0 bridgehead atoms. The van der Waals surface area contributed by atoms with Crippen molar-refractivity contribution in [2.24, 2.45) is 15.9 Å². The Hall–Kier alpha value is -2.07. The second kappa shape index (κ2) is 17.5. The Labute approximate surface area is 196 Å². The highest BCUT2D eigenvalue weighted by Gasteiger charge is 2.08. The largest absolute Gasteiger partial charge is 0.320 e. The van der Waals surface area contributed by atoms with Gasteiger partial charge in [0.15, 0.2) is 0 Å². The molecule has 1 N–H and O–H groups in total. The van der Waals surface area contributed by atoms with Crippen LogP contribution in [0.4, 0.5) is 4.39 Å². The number of rotatable bonds is 18. The molecule has 178 valence electrons. The SMILES string of the molecule is C=N/C=C(\C=NCCC(CCCCCc1ccc(CC(=C)C)c(F)c1)CCNC)CCC. The normalized spacial score (nSPS) is 12.9. The highest BCUT2D eigenvalue weighted by molar-refractivity contribution is 5.78. The Morgan fingerprint density at radius 2 is 2.00 bits per heavy atom. The predicted octanol–water partition coefficient (Wildman–Crippen LogP) is 7.12. The van der Waals surface area contributed by atoms with Crippen LogP contribution in [0.3, 0.4) is 0 Å². The molecule has 3 nitrogen and oxygen atoms in total. The maximum absolute atomic E-state index is 14.2. The van der Waals surface area contributed by atoms with E-state index in [1.807, 2.05) is 32.5 Å². The molecule has 0 saturated heterocycles. The molecule has 1 aromatic carbocycles. The van der Waals surface area contributed by atoms with Crippen molar-refractivity contribution in [1.82, 2.24) is 5.32 Å². The van der Waals surface area contributed by atoms with Gasteiger partial charge in [0.1, 0.15) is 5.82 Å². The van der Waals surface area contributed by atoms with Crippen LogP contribution in [-0.4, -0.2) is 33.1 Å². The second-order valence-electron chi connectivity index (χ2n) is 8.88. The van der Waals surface area contributed by atoms with Crippen molar-refractivity contribution in [2.45, 2.75) is 78.1 Å². The Bertz CT molecular complexity index is 736. The van der Waals surface area contributed by atoms with Gasteiger partial charge in [-0.2, -0.15) is 0 Å². The standard InChI is InChI=1S/C28H44FN3/c1-6-10-26(21-31-5)22-32-18-16-24(15-17-30-4)11-8-7-9-12-25-13-14-27(19-23(2)3)28(29)20-25/h13-14,20-22,24,30H,2,5-12,15-19H2,1,3-4H3/b26-21-,32-22?. The van der Waals surface area contributed by atoms with Crippen molar-refractivity contribution >= 4 is 12.9 Å². The summed E-state index contributed by atoms with van der Waals surface area (Å²) in [7, 11) is 2.01. The van der Waals surface area contributed by atoms with E-state index in [-0.39, 0.29) is 5.82 Å². The van der Waals surface area contributed by atoms with Crippen LogP contribution in [-0.2, 0) is 12.8 Å². The van der Waals surface area contributed by atoms with Crippen molar-refractivity contribution in [3.63, 3.8) is 0 Å². The fraction of sp³-hybridized carbons (Fsp3) is 0.571. The topological polar surface area (TPSA) is 36.8 Å². The Balaban J connectivity index is 2.38. The van der Waals surface area contributed by atoms with Crippen molar-refractivity contribution in [3.8, 4) is 0 Å². The lowest BCUT2D eigenvalue weighted by Gasteiger charge is -2.15. The van der Waals surface area contributed by atoms with Gasteiger partial charge in [-0.25, -0.2) is 4.39 Å². The van der Waals surface area contributed by atoms with Crippen molar-refractivity contribution in [1.29, 1.82) is 0 Å². The molecule has 32 heavy (non-hydrogen) atoms. The van der Waals surface area contributed by atoms with Crippen LogP contribution >= 0.6 is 0 Å². The molecule has 0 saturated carbocycles. The molecule has 1 aromatic rings. The van der Waals surface area contributed by atoms with E-state index in [9.17, 15) is 4.39 Å². The first-order chi connectivity index (χ1) is 15.5. The number of hydrogen-bond donors (Lipinski definition) is 1. The van der Waals surface area contributed by atoms with E-state index in [4.69, 9.17) is 0 Å². The van der Waals surface area contributed by atoms with E-state index in [0.29, 0.717) is 12.3 Å². The van der Waals surface area contributed by atoms with Crippen LogP contribution in [0, 0.1) is 11.7 Å². The van der Waals surface area contributed by atoms with Crippen molar-refractivity contribution < 1.29 is 4.39 Å². The smallest absolute Gasteiger partial charge is 0.126 e. The summed E-state index contributed by atoms with van der Waals surface area (Å²) in [5.74, 6) is 0.591. The predicted molar refractivity (Wildman–Crippen MR) is 140 cm³/mol. The average molecular weight is 442 g/mol. The van der Waals surface area contributed by atoms with Gasteiger partial charge in [0.05, 0.1) is 0 Å². The first-order valence-electron chi connectivity index (χ1n) is 12.2. The summed E-state index contributed by atoms with van der Waals surface area (Å²) >= 11 is 0. The summed E-state index contributed by atoms with van der Waals surface area (Å²) in [5.41, 5.74) is 3.98. The van der Waals surface area contributed by atoms with E-state index < -0.39 is 0 Å². The second-order valence-corrected chi connectivity index (χ2v) is 8.88. The first-order valence-corrected chi connectivity index (χ1v) is 12.2. The molecule has 0 aromatic heterocycles. The fourth-order valence-electron chi connectivity index (χ4n) is 3.94. The molecule has 1 atom stereocenters. The van der Waals surface area contributed by atoms with Gasteiger partial charge in [0, 0.05) is 19.0 Å². The van der Waals surface area contributed by atoms with Gasteiger partial charge in [-0.05, 0) is 94.4 Å². The van der Waals surface area contributed by atoms with Crippen LogP contribution < -0.4 is 5.32 Å². The van der Waals surface area contributed by atoms with Crippen LogP contribution in [0.25, 0.3) is 0 Å². The Morgan fingerprint density at radius 3 is 2.66 bits per heavy atom. The van der Waals surface area contributed by atoms with E-state index in [1.165, 1.54) is 25.7 Å². The van der Waals surface area contributed by atoms with E-state index >= 15 is 0 Å². The third kappa shape index (κ3) is 12.7. The van der Waals surface area contributed by atoms with Gasteiger partial charge in [0.2, 0.25) is 0 Å². The molecule has 0 radical (unpaired) electrons. The molecule has 0 amide bonds.